The van der Waals surface area contributed by atoms with E-state index in [1.165, 1.54) is 12.1 Å². The molecule has 0 saturated carbocycles. The van der Waals surface area contributed by atoms with E-state index >= 15 is 0 Å². The van der Waals surface area contributed by atoms with Crippen molar-refractivity contribution >= 4 is 34.8 Å². The van der Waals surface area contributed by atoms with Gasteiger partial charge in [0.2, 0.25) is 5.91 Å². The minimum Gasteiger partial charge on any atom is -0.504 e. The summed E-state index contributed by atoms with van der Waals surface area (Å²) in [7, 11) is 0. The zero-order valence-electron chi connectivity index (χ0n) is 16.4. The van der Waals surface area contributed by atoms with Crippen LogP contribution in [0.4, 0.5) is 11.4 Å². The number of ether oxygens (including phenoxy) is 1. The number of anilines is 2. The number of benzene rings is 2. The first-order chi connectivity index (χ1) is 14.5. The van der Waals surface area contributed by atoms with Gasteiger partial charge in [-0.25, -0.2) is 0 Å². The second-order valence-corrected chi connectivity index (χ2v) is 7.27. The molecule has 8 heteroatoms. The highest BCUT2D eigenvalue weighted by molar-refractivity contribution is 6.35. The van der Waals surface area contributed by atoms with Crippen molar-refractivity contribution in [2.45, 2.75) is 6.42 Å². The number of amides is 2. The highest BCUT2D eigenvalue weighted by atomic mass is 16.5. The van der Waals surface area contributed by atoms with E-state index in [0.717, 1.165) is 13.1 Å². The smallest absolute Gasteiger partial charge is 0.256 e. The summed E-state index contributed by atoms with van der Waals surface area (Å²) >= 11 is 0. The maximum atomic E-state index is 12.4. The minimum atomic E-state index is -0.270. The number of rotatable bonds is 5. The van der Waals surface area contributed by atoms with Crippen molar-refractivity contribution in [3.05, 3.63) is 47.5 Å². The fourth-order valence-corrected chi connectivity index (χ4v) is 3.51. The van der Waals surface area contributed by atoms with Crippen LogP contribution < -0.4 is 10.6 Å². The summed E-state index contributed by atoms with van der Waals surface area (Å²) in [6.45, 7) is 3.74. The molecule has 4 N–H and O–H groups in total. The van der Waals surface area contributed by atoms with E-state index in [4.69, 9.17) is 4.74 Å². The molecule has 2 amide bonds. The molecule has 2 aliphatic rings. The van der Waals surface area contributed by atoms with Gasteiger partial charge in [-0.2, -0.15) is 0 Å². The molecule has 8 nitrogen and oxygen atoms in total. The Hall–Kier alpha value is -3.36. The summed E-state index contributed by atoms with van der Waals surface area (Å²) in [5.41, 5.74) is 2.92. The van der Waals surface area contributed by atoms with Gasteiger partial charge in [0.25, 0.3) is 5.91 Å². The van der Waals surface area contributed by atoms with Gasteiger partial charge in [-0.3, -0.25) is 14.5 Å². The lowest BCUT2D eigenvalue weighted by atomic mass is 10.0. The Morgan fingerprint density at radius 3 is 2.70 bits per heavy atom. The number of carbonyl (C=O) groups is 2. The minimum absolute atomic E-state index is 0.0901. The van der Waals surface area contributed by atoms with Crippen LogP contribution >= 0.6 is 0 Å². The maximum Gasteiger partial charge on any atom is 0.256 e. The van der Waals surface area contributed by atoms with E-state index in [9.17, 15) is 19.8 Å². The van der Waals surface area contributed by atoms with Gasteiger partial charge in [0.05, 0.1) is 13.2 Å². The third-order valence-corrected chi connectivity index (χ3v) is 5.16. The van der Waals surface area contributed by atoms with Crippen molar-refractivity contribution in [2.75, 3.05) is 43.5 Å². The lowest BCUT2D eigenvalue weighted by molar-refractivity contribution is -0.116. The number of hydrogen-bond acceptors (Lipinski definition) is 6. The van der Waals surface area contributed by atoms with Crippen LogP contribution in [0.5, 0.6) is 11.5 Å². The molecule has 0 aromatic heterocycles. The molecule has 30 heavy (non-hydrogen) atoms. The van der Waals surface area contributed by atoms with Crippen molar-refractivity contribution in [1.82, 2.24) is 4.90 Å². The molecule has 0 bridgehead atoms. The van der Waals surface area contributed by atoms with Crippen LogP contribution in [0.2, 0.25) is 0 Å². The summed E-state index contributed by atoms with van der Waals surface area (Å²) in [4.78, 5) is 26.9. The average Bonchev–Trinajstić information content (AvgIpc) is 3.05. The molecular formula is C22H23N3O5. The van der Waals surface area contributed by atoms with Gasteiger partial charge in [-0.15, -0.1) is 0 Å². The van der Waals surface area contributed by atoms with Crippen LogP contribution in [0, 0.1) is 0 Å². The Balaban J connectivity index is 1.48. The predicted molar refractivity (Wildman–Crippen MR) is 113 cm³/mol. The van der Waals surface area contributed by atoms with Crippen molar-refractivity contribution in [1.29, 1.82) is 0 Å². The zero-order valence-corrected chi connectivity index (χ0v) is 16.4. The first kappa shape index (κ1) is 19.9. The van der Waals surface area contributed by atoms with Crippen molar-refractivity contribution in [2.24, 2.45) is 0 Å². The summed E-state index contributed by atoms with van der Waals surface area (Å²) < 4.78 is 5.31. The summed E-state index contributed by atoms with van der Waals surface area (Å²) in [6.07, 6.45) is 2.01. The van der Waals surface area contributed by atoms with Gasteiger partial charge in [0, 0.05) is 48.6 Å². The third-order valence-electron chi connectivity index (χ3n) is 5.16. The first-order valence-corrected chi connectivity index (χ1v) is 9.79. The van der Waals surface area contributed by atoms with Crippen molar-refractivity contribution in [3.8, 4) is 11.5 Å². The number of hydrogen-bond donors (Lipinski definition) is 4. The lowest BCUT2D eigenvalue weighted by Gasteiger charge is -2.26. The summed E-state index contributed by atoms with van der Waals surface area (Å²) in [5, 5.41) is 24.8. The molecule has 156 valence electrons. The quantitative estimate of drug-likeness (QED) is 0.445. The molecule has 0 spiro atoms. The van der Waals surface area contributed by atoms with Gasteiger partial charge in [-0.05, 0) is 42.0 Å². The predicted octanol–water partition coefficient (Wildman–Crippen LogP) is 2.25. The molecule has 2 heterocycles. The maximum absolute atomic E-state index is 12.4. The molecule has 4 rings (SSSR count). The number of morpholine rings is 1. The SMILES string of the molecule is O=C(CCN1CCOCC1)Nc1ccc2c(c1)/C(=C\c1ccc(O)c(O)c1)C(=O)N2. The molecular weight excluding hydrogens is 386 g/mol. The van der Waals surface area contributed by atoms with Gasteiger partial charge in [0.1, 0.15) is 0 Å². The lowest BCUT2D eigenvalue weighted by Crippen LogP contribution is -2.38. The topological polar surface area (TPSA) is 111 Å². The fourth-order valence-electron chi connectivity index (χ4n) is 3.51. The molecule has 0 atom stereocenters. The molecule has 2 aliphatic heterocycles. The van der Waals surface area contributed by atoms with Crippen LogP contribution in [-0.2, 0) is 14.3 Å². The van der Waals surface area contributed by atoms with Crippen LogP contribution in [0.3, 0.4) is 0 Å². The Morgan fingerprint density at radius 1 is 1.13 bits per heavy atom. The van der Waals surface area contributed by atoms with Crippen LogP contribution in [0.1, 0.15) is 17.5 Å². The number of phenolic OH excluding ortho intramolecular Hbond substituents is 2. The standard InChI is InChI=1S/C22H23N3O5/c26-19-4-1-14(12-20(19)27)11-17-16-13-15(2-3-18(16)24-22(17)29)23-21(28)5-6-25-7-9-30-10-8-25/h1-4,11-13,26-27H,5-10H2,(H,23,28)(H,24,29)/b17-11+. The normalized spacial score (nSPS) is 17.6. The van der Waals surface area contributed by atoms with E-state index in [1.807, 2.05) is 0 Å². The van der Waals surface area contributed by atoms with E-state index in [-0.39, 0.29) is 23.3 Å². The van der Waals surface area contributed by atoms with Gasteiger partial charge >= 0.3 is 0 Å². The number of nitrogens with one attached hydrogen (secondary N) is 2. The van der Waals surface area contributed by atoms with Crippen molar-refractivity contribution < 1.29 is 24.5 Å². The summed E-state index contributed by atoms with van der Waals surface area (Å²) in [5.74, 6) is -0.846. The second-order valence-electron chi connectivity index (χ2n) is 7.27. The highest BCUT2D eigenvalue weighted by Crippen LogP contribution is 2.36. The van der Waals surface area contributed by atoms with Crippen LogP contribution in [-0.4, -0.2) is 59.8 Å². The summed E-state index contributed by atoms with van der Waals surface area (Å²) in [6, 6.07) is 9.60. The Morgan fingerprint density at radius 2 is 1.93 bits per heavy atom. The van der Waals surface area contributed by atoms with Crippen LogP contribution in [0.15, 0.2) is 36.4 Å². The largest absolute Gasteiger partial charge is 0.504 e. The Kier molecular flexibility index (Phi) is 5.69. The average molecular weight is 409 g/mol. The number of fused-ring (bicyclic) bond motifs is 1. The first-order valence-electron chi connectivity index (χ1n) is 9.79. The molecule has 2 aromatic rings. The monoisotopic (exact) mass is 409 g/mol. The van der Waals surface area contributed by atoms with Crippen molar-refractivity contribution in [3.63, 3.8) is 0 Å². The molecule has 1 fully saturated rings. The van der Waals surface area contributed by atoms with E-state index in [0.29, 0.717) is 54.3 Å². The van der Waals surface area contributed by atoms with E-state index in [1.54, 1.807) is 30.3 Å². The number of nitrogens with zero attached hydrogens (tertiary/aromatic N) is 1. The molecule has 2 aromatic carbocycles. The highest BCUT2D eigenvalue weighted by Gasteiger charge is 2.24. The number of aromatic hydroxyl groups is 2. The van der Waals surface area contributed by atoms with Gasteiger partial charge in [0.15, 0.2) is 11.5 Å². The van der Waals surface area contributed by atoms with Gasteiger partial charge in [-0.1, -0.05) is 6.07 Å². The Bertz CT molecular complexity index is 1010. The third kappa shape index (κ3) is 4.45. The van der Waals surface area contributed by atoms with E-state index in [2.05, 4.69) is 15.5 Å². The molecule has 0 unspecified atom stereocenters. The zero-order chi connectivity index (χ0) is 21.1. The molecule has 0 radical (unpaired) electrons. The number of carbonyl (C=O) groups excluding carboxylic acids is 2. The fraction of sp³-hybridized carbons (Fsp3) is 0.273. The second kappa shape index (κ2) is 8.56. The van der Waals surface area contributed by atoms with Gasteiger partial charge < -0.3 is 25.6 Å². The Labute approximate surface area is 173 Å². The van der Waals surface area contributed by atoms with E-state index < -0.39 is 0 Å². The molecule has 0 aliphatic carbocycles. The number of phenols is 2. The van der Waals surface area contributed by atoms with Crippen LogP contribution in [0.25, 0.3) is 11.6 Å². The molecule has 1 saturated heterocycles.